The van der Waals surface area contributed by atoms with Crippen molar-refractivity contribution >= 4 is 27.5 Å². The van der Waals surface area contributed by atoms with E-state index in [9.17, 15) is 4.79 Å². The molecule has 0 atom stereocenters. The van der Waals surface area contributed by atoms with Crippen molar-refractivity contribution in [1.82, 2.24) is 10.3 Å². The molecule has 0 aliphatic carbocycles. The van der Waals surface area contributed by atoms with Crippen molar-refractivity contribution in [2.45, 2.75) is 19.4 Å². The summed E-state index contributed by atoms with van der Waals surface area (Å²) in [6.07, 6.45) is 5.37. The molecular formula is C19H22BrN3O2. The lowest BCUT2D eigenvalue weighted by atomic mass is 9.95. The quantitative estimate of drug-likeness (QED) is 0.830. The maximum atomic E-state index is 12.4. The van der Waals surface area contributed by atoms with Crippen molar-refractivity contribution in [2.24, 2.45) is 5.92 Å². The summed E-state index contributed by atoms with van der Waals surface area (Å²) >= 11 is 3.45. The molecule has 5 nitrogen and oxygen atoms in total. The fourth-order valence-corrected chi connectivity index (χ4v) is 3.40. The fourth-order valence-electron chi connectivity index (χ4n) is 3.05. The van der Waals surface area contributed by atoms with Gasteiger partial charge in [0.25, 0.3) is 0 Å². The third-order valence-electron chi connectivity index (χ3n) is 4.55. The molecule has 6 heteroatoms. The van der Waals surface area contributed by atoms with Crippen LogP contribution in [0.15, 0.2) is 47.2 Å². The van der Waals surface area contributed by atoms with Gasteiger partial charge in [-0.15, -0.1) is 0 Å². The number of piperidine rings is 1. The first kappa shape index (κ1) is 17.7. The lowest BCUT2D eigenvalue weighted by molar-refractivity contribution is -0.125. The molecule has 1 N–H and O–H groups in total. The van der Waals surface area contributed by atoms with E-state index in [-0.39, 0.29) is 11.8 Å². The fraction of sp³-hybridized carbons (Fsp3) is 0.368. The topological polar surface area (TPSA) is 54.5 Å². The normalized spacial score (nSPS) is 15.0. The first-order valence-electron chi connectivity index (χ1n) is 8.42. The Morgan fingerprint density at radius 3 is 2.64 bits per heavy atom. The molecule has 0 unspecified atom stereocenters. The number of benzene rings is 1. The molecule has 1 aromatic carbocycles. The zero-order valence-corrected chi connectivity index (χ0v) is 15.8. The third kappa shape index (κ3) is 4.72. The van der Waals surface area contributed by atoms with Gasteiger partial charge in [-0.2, -0.15) is 0 Å². The molecule has 1 saturated heterocycles. The number of hydrogen-bond acceptors (Lipinski definition) is 4. The van der Waals surface area contributed by atoms with Crippen molar-refractivity contribution in [1.29, 1.82) is 0 Å². The zero-order chi connectivity index (χ0) is 17.6. The minimum absolute atomic E-state index is 0.0783. The Bertz CT molecular complexity index is 713. The molecule has 0 saturated carbocycles. The van der Waals surface area contributed by atoms with E-state index >= 15 is 0 Å². The molecule has 25 heavy (non-hydrogen) atoms. The van der Waals surface area contributed by atoms with Gasteiger partial charge in [-0.25, -0.2) is 0 Å². The van der Waals surface area contributed by atoms with Crippen molar-refractivity contribution in [2.75, 3.05) is 25.1 Å². The number of nitrogens with zero attached hydrogens (tertiary/aromatic N) is 2. The van der Waals surface area contributed by atoms with Crippen LogP contribution in [-0.4, -0.2) is 31.1 Å². The second kappa shape index (κ2) is 8.34. The largest absolute Gasteiger partial charge is 0.497 e. The molecule has 0 radical (unpaired) electrons. The number of methoxy groups -OCH3 is 1. The number of halogens is 1. The minimum atomic E-state index is 0.0783. The number of anilines is 1. The summed E-state index contributed by atoms with van der Waals surface area (Å²) < 4.78 is 6.12. The predicted molar refractivity (Wildman–Crippen MR) is 102 cm³/mol. The zero-order valence-electron chi connectivity index (χ0n) is 14.2. The van der Waals surface area contributed by atoms with Gasteiger partial charge in [0, 0.05) is 36.2 Å². The lowest BCUT2D eigenvalue weighted by Gasteiger charge is -2.32. The molecule has 1 amide bonds. The van der Waals surface area contributed by atoms with Gasteiger partial charge in [-0.3, -0.25) is 9.78 Å². The smallest absolute Gasteiger partial charge is 0.223 e. The van der Waals surface area contributed by atoms with E-state index < -0.39 is 0 Å². The number of aromatic nitrogens is 1. The highest BCUT2D eigenvalue weighted by atomic mass is 79.9. The van der Waals surface area contributed by atoms with Crippen molar-refractivity contribution in [3.63, 3.8) is 0 Å². The van der Waals surface area contributed by atoms with Gasteiger partial charge in [-0.05, 0) is 52.5 Å². The highest BCUT2D eigenvalue weighted by Gasteiger charge is 2.25. The van der Waals surface area contributed by atoms with Crippen LogP contribution in [0.1, 0.15) is 18.4 Å². The molecule has 2 heterocycles. The van der Waals surface area contributed by atoms with Crippen LogP contribution in [0.25, 0.3) is 0 Å². The summed E-state index contributed by atoms with van der Waals surface area (Å²) in [4.78, 5) is 18.9. The lowest BCUT2D eigenvalue weighted by Crippen LogP contribution is -2.40. The second-order valence-corrected chi connectivity index (χ2v) is 7.10. The molecule has 1 aliphatic rings. The van der Waals surface area contributed by atoms with Crippen LogP contribution >= 0.6 is 15.9 Å². The Morgan fingerprint density at radius 2 is 2.00 bits per heavy atom. The van der Waals surface area contributed by atoms with E-state index in [1.165, 1.54) is 0 Å². The van der Waals surface area contributed by atoms with Crippen LogP contribution in [0.3, 0.4) is 0 Å². The number of rotatable bonds is 5. The average Bonchev–Trinajstić information content (AvgIpc) is 2.66. The Labute approximate surface area is 156 Å². The molecule has 1 aromatic heterocycles. The Balaban J connectivity index is 1.48. The number of hydrogen-bond donors (Lipinski definition) is 1. The Hall–Kier alpha value is -2.08. The number of ether oxygens (including phenoxy) is 1. The highest BCUT2D eigenvalue weighted by Crippen LogP contribution is 2.25. The molecule has 3 rings (SSSR count). The molecule has 1 fully saturated rings. The molecule has 2 aromatic rings. The van der Waals surface area contributed by atoms with Crippen LogP contribution < -0.4 is 15.0 Å². The predicted octanol–water partition coefficient (Wildman–Crippen LogP) is 3.39. The van der Waals surface area contributed by atoms with E-state index in [2.05, 4.69) is 37.2 Å². The molecule has 1 aliphatic heterocycles. The van der Waals surface area contributed by atoms with E-state index in [0.29, 0.717) is 6.54 Å². The van der Waals surface area contributed by atoms with Crippen LogP contribution in [0.2, 0.25) is 0 Å². The molecule has 0 bridgehead atoms. The van der Waals surface area contributed by atoms with Gasteiger partial charge in [0.15, 0.2) is 0 Å². The SMILES string of the molecule is COc1ccc(CNC(=O)C2CCN(c3cncc(Br)c3)CC2)cc1. The average molecular weight is 404 g/mol. The number of carbonyl (C=O) groups excluding carboxylic acids is 1. The van der Waals surface area contributed by atoms with Crippen LogP contribution in [0.4, 0.5) is 5.69 Å². The number of nitrogens with one attached hydrogen (secondary N) is 1. The van der Waals surface area contributed by atoms with Gasteiger partial charge < -0.3 is 15.0 Å². The first-order chi connectivity index (χ1) is 12.2. The van der Waals surface area contributed by atoms with Gasteiger partial charge in [0.1, 0.15) is 5.75 Å². The van der Waals surface area contributed by atoms with Gasteiger partial charge in [-0.1, -0.05) is 12.1 Å². The number of pyridine rings is 1. The van der Waals surface area contributed by atoms with Gasteiger partial charge >= 0.3 is 0 Å². The number of amides is 1. The third-order valence-corrected chi connectivity index (χ3v) is 4.98. The molecule has 0 spiro atoms. The second-order valence-electron chi connectivity index (χ2n) is 6.19. The molecular weight excluding hydrogens is 382 g/mol. The highest BCUT2D eigenvalue weighted by molar-refractivity contribution is 9.10. The van der Waals surface area contributed by atoms with E-state index in [1.807, 2.05) is 30.5 Å². The summed E-state index contributed by atoms with van der Waals surface area (Å²) in [7, 11) is 1.65. The Morgan fingerprint density at radius 1 is 1.28 bits per heavy atom. The van der Waals surface area contributed by atoms with Crippen LogP contribution in [0.5, 0.6) is 5.75 Å². The van der Waals surface area contributed by atoms with Crippen molar-refractivity contribution < 1.29 is 9.53 Å². The summed E-state index contributed by atoms with van der Waals surface area (Å²) in [5.41, 5.74) is 2.18. The van der Waals surface area contributed by atoms with Gasteiger partial charge in [0.05, 0.1) is 19.0 Å². The number of carbonyl (C=O) groups is 1. The van der Waals surface area contributed by atoms with Crippen LogP contribution in [0, 0.1) is 5.92 Å². The van der Waals surface area contributed by atoms with Crippen molar-refractivity contribution in [3.05, 3.63) is 52.8 Å². The summed E-state index contributed by atoms with van der Waals surface area (Å²) in [6.45, 7) is 2.30. The van der Waals surface area contributed by atoms with Gasteiger partial charge in [0.2, 0.25) is 5.91 Å². The standard InChI is InChI=1S/C19H22BrN3O2/c1-25-18-4-2-14(3-5-18)11-22-19(24)15-6-8-23(9-7-15)17-10-16(20)12-21-13-17/h2-5,10,12-13,15H,6-9,11H2,1H3,(H,22,24). The van der Waals surface area contributed by atoms with Crippen molar-refractivity contribution in [3.8, 4) is 5.75 Å². The van der Waals surface area contributed by atoms with E-state index in [4.69, 9.17) is 4.74 Å². The molecule has 132 valence electrons. The minimum Gasteiger partial charge on any atom is -0.497 e. The maximum absolute atomic E-state index is 12.4. The summed E-state index contributed by atoms with van der Waals surface area (Å²) in [5, 5.41) is 3.05. The summed E-state index contributed by atoms with van der Waals surface area (Å²) in [5.74, 6) is 1.04. The first-order valence-corrected chi connectivity index (χ1v) is 9.21. The Kier molecular flexibility index (Phi) is 5.91. The summed E-state index contributed by atoms with van der Waals surface area (Å²) in [6, 6.07) is 9.83. The van der Waals surface area contributed by atoms with E-state index in [1.54, 1.807) is 13.3 Å². The maximum Gasteiger partial charge on any atom is 0.223 e. The monoisotopic (exact) mass is 403 g/mol. The van der Waals surface area contributed by atoms with E-state index in [0.717, 1.165) is 47.4 Å². The van der Waals surface area contributed by atoms with Crippen LogP contribution in [-0.2, 0) is 11.3 Å².